The topological polar surface area (TPSA) is 47.2 Å². The van der Waals surface area contributed by atoms with E-state index < -0.39 is 5.97 Å². The van der Waals surface area contributed by atoms with Crippen molar-refractivity contribution in [3.05, 3.63) is 73.1 Å². The Morgan fingerprint density at radius 1 is 0.833 bits per heavy atom. The molecule has 2 aromatic heterocycles. The summed E-state index contributed by atoms with van der Waals surface area (Å²) < 4.78 is 4.34. The highest BCUT2D eigenvalue weighted by Crippen LogP contribution is 2.28. The number of carboxylic acid groups (broad SMARTS) is 1. The highest BCUT2D eigenvalue weighted by Gasteiger charge is 2.18. The standard InChI is InChI=1S/C20H18N2O2/c23-20(24)10-9-19(21-13-11-15-5-1-3-7-17(15)21)22-14-12-16-6-2-4-8-18(16)22/h1-8,11-14,19H,9-10H2,(H,23,24). The normalized spacial score (nSPS) is 11.5. The van der Waals surface area contributed by atoms with Crippen LogP contribution in [0.1, 0.15) is 19.0 Å². The SMILES string of the molecule is O=C(O)CCC(n1ccc2ccccc21)n1ccc2ccccc21. The largest absolute Gasteiger partial charge is 0.481 e. The third-order valence-corrected chi connectivity index (χ3v) is 4.52. The number of para-hydroxylation sites is 2. The van der Waals surface area contributed by atoms with Crippen LogP contribution >= 0.6 is 0 Å². The van der Waals surface area contributed by atoms with Gasteiger partial charge in [0.2, 0.25) is 0 Å². The van der Waals surface area contributed by atoms with Crippen LogP contribution in [0.2, 0.25) is 0 Å². The molecule has 120 valence electrons. The molecule has 4 heteroatoms. The van der Waals surface area contributed by atoms with Gasteiger partial charge in [-0.1, -0.05) is 36.4 Å². The predicted octanol–water partition coefficient (Wildman–Crippen LogP) is 4.51. The zero-order chi connectivity index (χ0) is 16.5. The summed E-state index contributed by atoms with van der Waals surface area (Å²) in [5, 5.41) is 11.5. The van der Waals surface area contributed by atoms with Crippen molar-refractivity contribution >= 4 is 27.8 Å². The second-order valence-electron chi connectivity index (χ2n) is 5.98. The van der Waals surface area contributed by atoms with Crippen molar-refractivity contribution in [1.29, 1.82) is 0 Å². The van der Waals surface area contributed by atoms with Crippen molar-refractivity contribution in [2.75, 3.05) is 0 Å². The second kappa shape index (κ2) is 5.89. The number of aliphatic carboxylic acids is 1. The molecule has 2 heterocycles. The lowest BCUT2D eigenvalue weighted by atomic mass is 10.2. The number of aromatic nitrogens is 2. The Morgan fingerprint density at radius 2 is 1.33 bits per heavy atom. The van der Waals surface area contributed by atoms with Gasteiger partial charge in [-0.2, -0.15) is 0 Å². The van der Waals surface area contributed by atoms with Crippen molar-refractivity contribution in [2.24, 2.45) is 0 Å². The van der Waals surface area contributed by atoms with Crippen molar-refractivity contribution in [1.82, 2.24) is 9.13 Å². The lowest BCUT2D eigenvalue weighted by Gasteiger charge is -2.23. The van der Waals surface area contributed by atoms with Gasteiger partial charge in [0.05, 0.1) is 0 Å². The van der Waals surface area contributed by atoms with Crippen LogP contribution in [0.25, 0.3) is 21.8 Å². The van der Waals surface area contributed by atoms with E-state index in [9.17, 15) is 4.79 Å². The molecule has 0 atom stereocenters. The molecule has 0 radical (unpaired) electrons. The van der Waals surface area contributed by atoms with Crippen LogP contribution in [0.3, 0.4) is 0 Å². The molecule has 0 amide bonds. The number of hydrogen-bond acceptors (Lipinski definition) is 1. The van der Waals surface area contributed by atoms with Crippen LogP contribution in [0.15, 0.2) is 73.1 Å². The Bertz CT molecular complexity index is 939. The fourth-order valence-corrected chi connectivity index (χ4v) is 3.39. The van der Waals surface area contributed by atoms with E-state index in [2.05, 4.69) is 45.5 Å². The molecule has 0 aliphatic heterocycles. The van der Waals surface area contributed by atoms with E-state index in [0.29, 0.717) is 6.42 Å². The maximum Gasteiger partial charge on any atom is 0.303 e. The maximum atomic E-state index is 11.2. The van der Waals surface area contributed by atoms with Gasteiger partial charge in [0.25, 0.3) is 0 Å². The minimum Gasteiger partial charge on any atom is -0.481 e. The molecule has 4 aromatic rings. The van der Waals surface area contributed by atoms with E-state index in [1.807, 2.05) is 36.7 Å². The lowest BCUT2D eigenvalue weighted by Crippen LogP contribution is -2.18. The molecule has 0 saturated carbocycles. The van der Waals surface area contributed by atoms with E-state index in [1.165, 1.54) is 0 Å². The van der Waals surface area contributed by atoms with Crippen molar-refractivity contribution in [2.45, 2.75) is 19.0 Å². The molecule has 0 unspecified atom stereocenters. The Labute approximate surface area is 139 Å². The molecule has 0 spiro atoms. The number of rotatable bonds is 5. The lowest BCUT2D eigenvalue weighted by molar-refractivity contribution is -0.137. The summed E-state index contributed by atoms with van der Waals surface area (Å²) in [6.45, 7) is 0. The summed E-state index contributed by atoms with van der Waals surface area (Å²) in [5.41, 5.74) is 2.23. The quantitative estimate of drug-likeness (QED) is 0.588. The number of benzene rings is 2. The number of fused-ring (bicyclic) bond motifs is 2. The molecule has 0 aliphatic carbocycles. The molecule has 1 N–H and O–H groups in total. The van der Waals surface area contributed by atoms with Crippen LogP contribution in [0, 0.1) is 0 Å². The maximum absolute atomic E-state index is 11.2. The van der Waals surface area contributed by atoms with Gasteiger partial charge >= 0.3 is 5.97 Å². The van der Waals surface area contributed by atoms with Crippen molar-refractivity contribution in [3.63, 3.8) is 0 Å². The molecule has 2 aromatic carbocycles. The van der Waals surface area contributed by atoms with E-state index in [4.69, 9.17) is 5.11 Å². The number of carbonyl (C=O) groups is 1. The number of hydrogen-bond donors (Lipinski definition) is 1. The Morgan fingerprint density at radius 3 is 1.83 bits per heavy atom. The zero-order valence-corrected chi connectivity index (χ0v) is 13.2. The first kappa shape index (κ1) is 14.6. The fourth-order valence-electron chi connectivity index (χ4n) is 3.39. The molecule has 0 fully saturated rings. The van der Waals surface area contributed by atoms with E-state index in [0.717, 1.165) is 21.8 Å². The van der Waals surface area contributed by atoms with Crippen molar-refractivity contribution in [3.8, 4) is 0 Å². The first-order valence-corrected chi connectivity index (χ1v) is 8.07. The van der Waals surface area contributed by atoms with Gasteiger partial charge in [0.1, 0.15) is 6.17 Å². The zero-order valence-electron chi connectivity index (χ0n) is 13.2. The van der Waals surface area contributed by atoms with Crippen LogP contribution in [-0.4, -0.2) is 20.2 Å². The summed E-state index contributed by atoms with van der Waals surface area (Å²) in [6.07, 6.45) is 4.69. The van der Waals surface area contributed by atoms with Gasteiger partial charge in [-0.15, -0.1) is 0 Å². The number of nitrogens with zero attached hydrogens (tertiary/aromatic N) is 2. The first-order chi connectivity index (χ1) is 11.7. The van der Waals surface area contributed by atoms with Crippen LogP contribution in [0.5, 0.6) is 0 Å². The fraction of sp³-hybridized carbons (Fsp3) is 0.150. The van der Waals surface area contributed by atoms with Gasteiger partial charge in [0.15, 0.2) is 0 Å². The van der Waals surface area contributed by atoms with Gasteiger partial charge in [-0.05, 0) is 41.5 Å². The monoisotopic (exact) mass is 318 g/mol. The Kier molecular flexibility index (Phi) is 3.58. The summed E-state index contributed by atoms with van der Waals surface area (Å²) in [5.74, 6) is -0.770. The molecular weight excluding hydrogens is 300 g/mol. The molecule has 4 nitrogen and oxygen atoms in total. The molecule has 0 bridgehead atoms. The third kappa shape index (κ3) is 2.46. The van der Waals surface area contributed by atoms with Gasteiger partial charge in [0, 0.05) is 29.8 Å². The Balaban J connectivity index is 1.86. The smallest absolute Gasteiger partial charge is 0.303 e. The van der Waals surface area contributed by atoms with Crippen LogP contribution in [0.4, 0.5) is 0 Å². The Hall–Kier alpha value is -3.01. The van der Waals surface area contributed by atoms with Gasteiger partial charge < -0.3 is 14.2 Å². The highest BCUT2D eigenvalue weighted by atomic mass is 16.4. The van der Waals surface area contributed by atoms with Gasteiger partial charge in [-0.25, -0.2) is 0 Å². The average Bonchev–Trinajstić information content (AvgIpc) is 3.20. The van der Waals surface area contributed by atoms with Crippen LogP contribution < -0.4 is 0 Å². The van der Waals surface area contributed by atoms with Crippen LogP contribution in [-0.2, 0) is 4.79 Å². The highest BCUT2D eigenvalue weighted by molar-refractivity contribution is 5.82. The molecule has 0 saturated heterocycles. The summed E-state index contributed by atoms with van der Waals surface area (Å²) >= 11 is 0. The number of carboxylic acids is 1. The first-order valence-electron chi connectivity index (χ1n) is 8.07. The summed E-state index contributed by atoms with van der Waals surface area (Å²) in [7, 11) is 0. The average molecular weight is 318 g/mol. The minimum atomic E-state index is -0.770. The second-order valence-corrected chi connectivity index (χ2v) is 5.98. The summed E-state index contributed by atoms with van der Waals surface area (Å²) in [4.78, 5) is 11.2. The predicted molar refractivity (Wildman–Crippen MR) is 95.2 cm³/mol. The molecule has 4 rings (SSSR count). The molecule has 0 aliphatic rings. The molecule has 24 heavy (non-hydrogen) atoms. The van der Waals surface area contributed by atoms with Crippen molar-refractivity contribution < 1.29 is 9.90 Å². The van der Waals surface area contributed by atoms with E-state index in [1.54, 1.807) is 0 Å². The van der Waals surface area contributed by atoms with Gasteiger partial charge in [-0.3, -0.25) is 4.79 Å². The minimum absolute atomic E-state index is 0.0686. The molecular formula is C20H18N2O2. The third-order valence-electron chi connectivity index (χ3n) is 4.52. The van der Waals surface area contributed by atoms with E-state index in [-0.39, 0.29) is 12.6 Å². The summed E-state index contributed by atoms with van der Waals surface area (Å²) in [6, 6.07) is 20.5. The van der Waals surface area contributed by atoms with E-state index >= 15 is 0 Å².